The summed E-state index contributed by atoms with van der Waals surface area (Å²) in [5.41, 5.74) is 5.17. The van der Waals surface area contributed by atoms with Crippen LogP contribution in [0.4, 0.5) is 0 Å². The number of nitrogens with zero attached hydrogens (tertiary/aromatic N) is 4. The molecule has 0 atom stereocenters. The molecule has 4 aromatic rings. The first-order valence-electron chi connectivity index (χ1n) is 9.02. The molecule has 0 aromatic carbocycles. The van der Waals surface area contributed by atoms with Gasteiger partial charge in [0, 0.05) is 47.0 Å². The molecule has 0 N–H and O–H groups in total. The zero-order valence-corrected chi connectivity index (χ0v) is 16.6. The highest BCUT2D eigenvalue weighted by Gasteiger charge is 2.17. The van der Waals surface area contributed by atoms with E-state index in [0.29, 0.717) is 0 Å². The first-order chi connectivity index (χ1) is 12.2. The SMILES string of the molecule is CC(C)(C)c1ccc2cnccn12.CC(C)(C)c1ccc2ncccn12. The molecule has 0 fully saturated rings. The van der Waals surface area contributed by atoms with Gasteiger partial charge in [0.2, 0.25) is 0 Å². The molecule has 4 rings (SSSR count). The lowest BCUT2D eigenvalue weighted by atomic mass is 9.92. The summed E-state index contributed by atoms with van der Waals surface area (Å²) >= 11 is 0. The Morgan fingerprint density at radius 2 is 1.38 bits per heavy atom. The molecule has 0 spiro atoms. The van der Waals surface area contributed by atoms with Crippen molar-refractivity contribution in [3.8, 4) is 0 Å². The Labute approximate surface area is 155 Å². The maximum absolute atomic E-state index is 4.28. The summed E-state index contributed by atoms with van der Waals surface area (Å²) in [5, 5.41) is 0. The van der Waals surface area contributed by atoms with E-state index in [1.165, 1.54) is 11.4 Å². The van der Waals surface area contributed by atoms with Gasteiger partial charge in [-0.1, -0.05) is 41.5 Å². The number of aromatic nitrogens is 4. The minimum Gasteiger partial charge on any atom is -0.317 e. The van der Waals surface area contributed by atoms with Gasteiger partial charge in [0.25, 0.3) is 0 Å². The van der Waals surface area contributed by atoms with Gasteiger partial charge >= 0.3 is 0 Å². The number of fused-ring (bicyclic) bond motifs is 2. The van der Waals surface area contributed by atoms with E-state index in [-0.39, 0.29) is 10.8 Å². The molecule has 0 radical (unpaired) electrons. The van der Waals surface area contributed by atoms with Crippen LogP contribution in [0.5, 0.6) is 0 Å². The predicted molar refractivity (Wildman–Crippen MR) is 108 cm³/mol. The Hall–Kier alpha value is -2.62. The van der Waals surface area contributed by atoms with Crippen molar-refractivity contribution in [2.45, 2.75) is 52.4 Å². The van der Waals surface area contributed by atoms with Gasteiger partial charge in [-0.25, -0.2) is 4.98 Å². The van der Waals surface area contributed by atoms with Crippen LogP contribution in [-0.4, -0.2) is 18.8 Å². The third-order valence-electron chi connectivity index (χ3n) is 4.42. The highest BCUT2D eigenvalue weighted by molar-refractivity contribution is 5.48. The molecule has 0 aliphatic carbocycles. The summed E-state index contributed by atoms with van der Waals surface area (Å²) in [4.78, 5) is 8.37. The molecule has 4 nitrogen and oxygen atoms in total. The molecule has 0 unspecified atom stereocenters. The summed E-state index contributed by atoms with van der Waals surface area (Å²) in [7, 11) is 0. The second kappa shape index (κ2) is 6.60. The van der Waals surface area contributed by atoms with Gasteiger partial charge in [-0.2, -0.15) is 0 Å². The fraction of sp³-hybridized carbons (Fsp3) is 0.364. The summed E-state index contributed by atoms with van der Waals surface area (Å²) < 4.78 is 4.33. The number of hydrogen-bond donors (Lipinski definition) is 0. The largest absolute Gasteiger partial charge is 0.317 e. The van der Waals surface area contributed by atoms with E-state index < -0.39 is 0 Å². The minimum atomic E-state index is 0.176. The normalized spacial score (nSPS) is 12.2. The zero-order chi connectivity index (χ0) is 18.9. The van der Waals surface area contributed by atoms with Crippen molar-refractivity contribution in [1.29, 1.82) is 0 Å². The van der Waals surface area contributed by atoms with E-state index >= 15 is 0 Å². The molecule has 4 aromatic heterocycles. The molecular formula is C22H28N4. The van der Waals surface area contributed by atoms with E-state index in [1.807, 2.05) is 30.9 Å². The third kappa shape index (κ3) is 3.64. The highest BCUT2D eigenvalue weighted by Crippen LogP contribution is 2.24. The predicted octanol–water partition coefficient (Wildman–Crippen LogP) is 5.26. The highest BCUT2D eigenvalue weighted by atomic mass is 15.0. The second-order valence-electron chi connectivity index (χ2n) is 8.66. The first-order valence-corrected chi connectivity index (χ1v) is 9.02. The summed E-state index contributed by atoms with van der Waals surface area (Å²) in [6.07, 6.45) is 9.60. The topological polar surface area (TPSA) is 34.6 Å². The Morgan fingerprint density at radius 3 is 2.08 bits per heavy atom. The van der Waals surface area contributed by atoms with Crippen LogP contribution in [0, 0.1) is 0 Å². The molecule has 26 heavy (non-hydrogen) atoms. The summed E-state index contributed by atoms with van der Waals surface area (Å²) in [6, 6.07) is 10.4. The van der Waals surface area contributed by atoms with Crippen molar-refractivity contribution in [2.24, 2.45) is 0 Å². The number of rotatable bonds is 0. The molecule has 4 heterocycles. The van der Waals surface area contributed by atoms with Crippen LogP contribution < -0.4 is 0 Å². The number of hydrogen-bond acceptors (Lipinski definition) is 2. The van der Waals surface area contributed by atoms with Gasteiger partial charge in [0.05, 0.1) is 11.7 Å². The molecule has 0 amide bonds. The summed E-state index contributed by atoms with van der Waals surface area (Å²) in [6.45, 7) is 13.3. The van der Waals surface area contributed by atoms with Gasteiger partial charge in [-0.3, -0.25) is 4.98 Å². The maximum Gasteiger partial charge on any atom is 0.136 e. The van der Waals surface area contributed by atoms with E-state index in [9.17, 15) is 0 Å². The van der Waals surface area contributed by atoms with Crippen molar-refractivity contribution in [3.05, 3.63) is 72.7 Å². The van der Waals surface area contributed by atoms with Crippen LogP contribution in [0.3, 0.4) is 0 Å². The molecule has 4 heteroatoms. The van der Waals surface area contributed by atoms with Gasteiger partial charge in [-0.15, -0.1) is 0 Å². The Kier molecular flexibility index (Phi) is 4.61. The average Bonchev–Trinajstić information content (AvgIpc) is 3.19. The average molecular weight is 348 g/mol. The van der Waals surface area contributed by atoms with Crippen LogP contribution in [0.1, 0.15) is 52.9 Å². The molecule has 136 valence electrons. The fourth-order valence-electron chi connectivity index (χ4n) is 3.13. The zero-order valence-electron chi connectivity index (χ0n) is 16.6. The quantitative estimate of drug-likeness (QED) is 0.434. The minimum absolute atomic E-state index is 0.176. The monoisotopic (exact) mass is 348 g/mol. The van der Waals surface area contributed by atoms with Crippen molar-refractivity contribution < 1.29 is 0 Å². The van der Waals surface area contributed by atoms with Crippen LogP contribution in [-0.2, 0) is 10.8 Å². The molecule has 0 aliphatic heterocycles. The molecular weight excluding hydrogens is 320 g/mol. The van der Waals surface area contributed by atoms with Gasteiger partial charge in [0.15, 0.2) is 0 Å². The van der Waals surface area contributed by atoms with E-state index in [0.717, 1.165) is 11.2 Å². The Bertz CT molecular complexity index is 926. The van der Waals surface area contributed by atoms with Crippen LogP contribution in [0.2, 0.25) is 0 Å². The molecule has 0 bridgehead atoms. The van der Waals surface area contributed by atoms with E-state index in [4.69, 9.17) is 0 Å². The lowest BCUT2D eigenvalue weighted by molar-refractivity contribution is 0.563. The third-order valence-corrected chi connectivity index (χ3v) is 4.42. The molecule has 0 saturated carbocycles. The van der Waals surface area contributed by atoms with Crippen LogP contribution in [0.25, 0.3) is 11.2 Å². The Balaban J connectivity index is 0.000000151. The van der Waals surface area contributed by atoms with Crippen molar-refractivity contribution in [1.82, 2.24) is 18.8 Å². The van der Waals surface area contributed by atoms with Gasteiger partial charge < -0.3 is 8.80 Å². The van der Waals surface area contributed by atoms with Crippen LogP contribution in [0.15, 0.2) is 61.3 Å². The van der Waals surface area contributed by atoms with Gasteiger partial charge in [0.1, 0.15) is 5.65 Å². The summed E-state index contributed by atoms with van der Waals surface area (Å²) in [5.74, 6) is 0. The van der Waals surface area contributed by atoms with Crippen LogP contribution >= 0.6 is 0 Å². The fourth-order valence-corrected chi connectivity index (χ4v) is 3.13. The molecule has 0 saturated heterocycles. The van der Waals surface area contributed by atoms with E-state index in [1.54, 1.807) is 0 Å². The lowest BCUT2D eigenvalue weighted by Gasteiger charge is -2.18. The van der Waals surface area contributed by atoms with Crippen molar-refractivity contribution in [3.63, 3.8) is 0 Å². The maximum atomic E-state index is 4.28. The second-order valence-corrected chi connectivity index (χ2v) is 8.66. The van der Waals surface area contributed by atoms with Gasteiger partial charge in [-0.05, 0) is 30.3 Å². The first kappa shape index (κ1) is 18.2. The molecule has 0 aliphatic rings. The lowest BCUT2D eigenvalue weighted by Crippen LogP contribution is -2.13. The van der Waals surface area contributed by atoms with E-state index in [2.05, 4.69) is 90.8 Å². The van der Waals surface area contributed by atoms with Crippen molar-refractivity contribution >= 4 is 11.2 Å². The smallest absolute Gasteiger partial charge is 0.136 e. The van der Waals surface area contributed by atoms with Crippen molar-refractivity contribution in [2.75, 3.05) is 0 Å². The standard InChI is InChI=1S/2C11H14N2/c1-11(2,3)9-5-6-10-12-7-4-8-13(9)10;1-11(2,3)10-5-4-9-8-12-6-7-13(9)10/h2*4-8H,1-3H3. The Morgan fingerprint density at radius 1 is 0.731 bits per heavy atom.